The molecule has 1 fully saturated rings. The van der Waals surface area contributed by atoms with Gasteiger partial charge in [-0.15, -0.1) is 0 Å². The Balaban J connectivity index is 1.52. The van der Waals surface area contributed by atoms with E-state index in [2.05, 4.69) is 88.4 Å². The molecule has 0 radical (unpaired) electrons. The molecule has 156 valence electrons. The van der Waals surface area contributed by atoms with Gasteiger partial charge in [0.2, 0.25) is 0 Å². The molecule has 4 aromatic rings. The van der Waals surface area contributed by atoms with Crippen LogP contribution in [-0.2, 0) is 15.9 Å². The Labute approximate surface area is 184 Å². The van der Waals surface area contributed by atoms with Crippen LogP contribution in [0.25, 0.3) is 21.5 Å². The smallest absolute Gasteiger partial charge is 0.489 e. The average molecular weight is 410 g/mol. The molecule has 0 bridgehead atoms. The minimum Gasteiger partial charge on any atom is -0.489 e. The van der Waals surface area contributed by atoms with Crippen molar-refractivity contribution < 1.29 is 14.0 Å². The molecule has 0 N–H and O–H groups in total. The van der Waals surface area contributed by atoms with Crippen molar-refractivity contribution >= 4 is 34.1 Å². The van der Waals surface area contributed by atoms with Gasteiger partial charge in [-0.2, -0.15) is 0 Å². The van der Waals surface area contributed by atoms with Crippen molar-refractivity contribution in [2.45, 2.75) is 45.5 Å². The molecule has 0 spiro atoms. The largest absolute Gasteiger partial charge is 0.499 e. The molecular weight excluding hydrogens is 383 g/mol. The summed E-state index contributed by atoms with van der Waals surface area (Å²) in [4.78, 5) is 0. The number of rotatable bonds is 4. The van der Waals surface area contributed by atoms with Gasteiger partial charge in [0, 0.05) is 5.46 Å². The Morgan fingerprint density at radius 1 is 0.710 bits per heavy atom. The summed E-state index contributed by atoms with van der Waals surface area (Å²) in [5, 5.41) is 4.69. The second-order valence-corrected chi connectivity index (χ2v) is 9.26. The minimum absolute atomic E-state index is 0.412. The first kappa shape index (κ1) is 20.1. The van der Waals surface area contributed by atoms with Crippen molar-refractivity contribution in [1.29, 1.82) is 0 Å². The highest BCUT2D eigenvalue weighted by Crippen LogP contribution is 2.38. The van der Waals surface area contributed by atoms with Crippen LogP contribution in [0.5, 0.6) is 5.75 Å². The molecule has 0 aliphatic carbocycles. The quantitative estimate of drug-likeness (QED) is 0.394. The molecule has 1 aliphatic heterocycles. The lowest BCUT2D eigenvalue weighted by molar-refractivity contribution is 0.00578. The second kappa shape index (κ2) is 7.40. The highest BCUT2D eigenvalue weighted by atomic mass is 16.7. The lowest BCUT2D eigenvalue weighted by Gasteiger charge is -2.32. The van der Waals surface area contributed by atoms with E-state index in [0.717, 1.165) is 27.5 Å². The number of benzene rings is 4. The molecule has 5 rings (SSSR count). The summed E-state index contributed by atoms with van der Waals surface area (Å²) in [6.07, 6.45) is 0. The zero-order chi connectivity index (χ0) is 21.6. The van der Waals surface area contributed by atoms with E-state index in [-0.39, 0.29) is 0 Å². The Morgan fingerprint density at radius 2 is 1.32 bits per heavy atom. The molecule has 31 heavy (non-hydrogen) atoms. The first-order valence-corrected chi connectivity index (χ1v) is 10.8. The third kappa shape index (κ3) is 3.60. The first-order valence-electron chi connectivity index (χ1n) is 10.8. The molecule has 0 amide bonds. The summed E-state index contributed by atoms with van der Waals surface area (Å²) in [6.45, 7) is 8.79. The number of hydrogen-bond donors (Lipinski definition) is 0. The molecule has 0 saturated carbocycles. The van der Waals surface area contributed by atoms with E-state index in [1.54, 1.807) is 0 Å². The van der Waals surface area contributed by atoms with Crippen LogP contribution in [0.15, 0.2) is 78.9 Å². The van der Waals surface area contributed by atoms with E-state index < -0.39 is 18.3 Å². The van der Waals surface area contributed by atoms with Crippen LogP contribution >= 0.6 is 0 Å². The lowest BCUT2D eigenvalue weighted by Crippen LogP contribution is -2.41. The van der Waals surface area contributed by atoms with Gasteiger partial charge < -0.3 is 14.0 Å². The minimum atomic E-state index is -0.484. The van der Waals surface area contributed by atoms with Crippen LogP contribution in [0.4, 0.5) is 0 Å². The van der Waals surface area contributed by atoms with Gasteiger partial charge in [0.25, 0.3) is 0 Å². The number of ether oxygens (including phenoxy) is 1. The van der Waals surface area contributed by atoms with E-state index in [0.29, 0.717) is 6.61 Å². The van der Waals surface area contributed by atoms with E-state index >= 15 is 0 Å². The van der Waals surface area contributed by atoms with Crippen LogP contribution in [0, 0.1) is 0 Å². The van der Waals surface area contributed by atoms with Crippen LogP contribution in [0.2, 0.25) is 0 Å². The summed E-state index contributed by atoms with van der Waals surface area (Å²) in [5.74, 6) is 0.797. The van der Waals surface area contributed by atoms with E-state index in [9.17, 15) is 0 Å². The summed E-state index contributed by atoms with van der Waals surface area (Å²) < 4.78 is 19.2. The fourth-order valence-corrected chi connectivity index (χ4v) is 4.10. The van der Waals surface area contributed by atoms with Crippen LogP contribution in [-0.4, -0.2) is 18.3 Å². The fourth-order valence-electron chi connectivity index (χ4n) is 4.10. The molecule has 1 saturated heterocycles. The maximum atomic E-state index is 6.41. The van der Waals surface area contributed by atoms with E-state index in [4.69, 9.17) is 14.0 Å². The monoisotopic (exact) mass is 410 g/mol. The molecule has 0 atom stereocenters. The van der Waals surface area contributed by atoms with Crippen molar-refractivity contribution in [3.8, 4) is 5.75 Å². The second-order valence-electron chi connectivity index (χ2n) is 9.26. The van der Waals surface area contributed by atoms with E-state index in [1.165, 1.54) is 10.8 Å². The van der Waals surface area contributed by atoms with Gasteiger partial charge >= 0.3 is 7.12 Å². The van der Waals surface area contributed by atoms with Crippen molar-refractivity contribution in [2.24, 2.45) is 0 Å². The standard InChI is InChI=1S/C27H27BO3/c1-26(2)27(3,4)31-28(30-26)25-23-12-8-7-10-21(23)15-16-24(25)29-18-19-13-14-20-9-5-6-11-22(20)17-19/h5-17H,18H2,1-4H3. The van der Waals surface area contributed by atoms with Crippen molar-refractivity contribution in [3.05, 3.63) is 84.4 Å². The van der Waals surface area contributed by atoms with Crippen molar-refractivity contribution in [1.82, 2.24) is 0 Å². The van der Waals surface area contributed by atoms with Gasteiger partial charge in [0.1, 0.15) is 12.4 Å². The topological polar surface area (TPSA) is 27.7 Å². The predicted octanol–water partition coefficient (Wildman–Crippen LogP) is 5.87. The average Bonchev–Trinajstić information content (AvgIpc) is 2.98. The molecule has 4 heteroatoms. The third-order valence-corrected chi connectivity index (χ3v) is 6.63. The highest BCUT2D eigenvalue weighted by molar-refractivity contribution is 6.66. The zero-order valence-corrected chi connectivity index (χ0v) is 18.5. The van der Waals surface area contributed by atoms with Gasteiger partial charge in [0.05, 0.1) is 11.2 Å². The van der Waals surface area contributed by atoms with Crippen LogP contribution < -0.4 is 10.2 Å². The van der Waals surface area contributed by atoms with Crippen molar-refractivity contribution in [2.75, 3.05) is 0 Å². The molecule has 4 aromatic carbocycles. The van der Waals surface area contributed by atoms with Gasteiger partial charge in [-0.3, -0.25) is 0 Å². The SMILES string of the molecule is CC1(C)OB(c2c(OCc3ccc4ccccc4c3)ccc3ccccc23)OC1(C)C. The molecule has 3 nitrogen and oxygen atoms in total. The summed E-state index contributed by atoms with van der Waals surface area (Å²) in [5.41, 5.74) is 1.26. The summed E-state index contributed by atoms with van der Waals surface area (Å²) in [7, 11) is -0.484. The predicted molar refractivity (Wildman–Crippen MR) is 128 cm³/mol. The summed E-state index contributed by atoms with van der Waals surface area (Å²) in [6, 6.07) is 27.3. The van der Waals surface area contributed by atoms with Crippen LogP contribution in [0.3, 0.4) is 0 Å². The van der Waals surface area contributed by atoms with Crippen LogP contribution in [0.1, 0.15) is 33.3 Å². The molecule has 1 aliphatic rings. The third-order valence-electron chi connectivity index (χ3n) is 6.63. The lowest BCUT2D eigenvalue weighted by atomic mass is 9.75. The highest BCUT2D eigenvalue weighted by Gasteiger charge is 2.52. The van der Waals surface area contributed by atoms with Gasteiger partial charge in [-0.1, -0.05) is 66.7 Å². The first-order chi connectivity index (χ1) is 14.8. The Kier molecular flexibility index (Phi) is 4.80. The Hall–Kier alpha value is -2.82. The zero-order valence-electron chi connectivity index (χ0n) is 18.5. The maximum Gasteiger partial charge on any atom is 0.499 e. The normalized spacial score (nSPS) is 17.4. The number of fused-ring (bicyclic) bond motifs is 2. The summed E-state index contributed by atoms with van der Waals surface area (Å²) >= 11 is 0. The Bertz CT molecular complexity index is 1250. The van der Waals surface area contributed by atoms with Gasteiger partial charge in [0.15, 0.2) is 0 Å². The molecule has 0 aromatic heterocycles. The Morgan fingerprint density at radius 3 is 2.06 bits per heavy atom. The molecule has 1 heterocycles. The molecular formula is C27H27BO3. The maximum absolute atomic E-state index is 6.41. The van der Waals surface area contributed by atoms with Crippen molar-refractivity contribution in [3.63, 3.8) is 0 Å². The van der Waals surface area contributed by atoms with Gasteiger partial charge in [-0.25, -0.2) is 0 Å². The van der Waals surface area contributed by atoms with E-state index in [1.807, 2.05) is 18.2 Å². The fraction of sp³-hybridized carbons (Fsp3) is 0.259. The number of hydrogen-bond acceptors (Lipinski definition) is 3. The van der Waals surface area contributed by atoms with Gasteiger partial charge in [-0.05, 0) is 66.9 Å². The molecule has 0 unspecified atom stereocenters.